The molecule has 0 radical (unpaired) electrons. The van der Waals surface area contributed by atoms with Crippen LogP contribution >= 0.6 is 0 Å². The van der Waals surface area contributed by atoms with Crippen molar-refractivity contribution in [2.24, 2.45) is 11.1 Å². The van der Waals surface area contributed by atoms with Crippen LogP contribution in [0, 0.1) is 5.41 Å². The van der Waals surface area contributed by atoms with Crippen molar-refractivity contribution in [2.45, 2.75) is 19.8 Å². The highest BCUT2D eigenvalue weighted by atomic mass is 16.3. The molecule has 4 heteroatoms. The highest BCUT2D eigenvalue weighted by molar-refractivity contribution is 5.99. The Morgan fingerprint density at radius 1 is 1.53 bits per heavy atom. The Hall–Kier alpha value is -1.55. The summed E-state index contributed by atoms with van der Waals surface area (Å²) in [5.74, 6) is 0.249. The van der Waals surface area contributed by atoms with Crippen LogP contribution in [0.5, 0.6) is 5.75 Å². The first-order valence-corrected chi connectivity index (χ1v) is 5.94. The molecule has 1 aromatic rings. The van der Waals surface area contributed by atoms with Crippen LogP contribution in [0.1, 0.15) is 19.8 Å². The highest BCUT2D eigenvalue weighted by Gasteiger charge is 2.50. The molecule has 1 aliphatic rings. The van der Waals surface area contributed by atoms with E-state index in [1.165, 1.54) is 0 Å². The molecule has 17 heavy (non-hydrogen) atoms. The molecule has 0 aromatic heterocycles. The maximum absolute atomic E-state index is 12.4. The van der Waals surface area contributed by atoms with Crippen LogP contribution in [0.4, 0.5) is 5.69 Å². The van der Waals surface area contributed by atoms with Crippen molar-refractivity contribution in [3.63, 3.8) is 0 Å². The lowest BCUT2D eigenvalue weighted by atomic mass is 10.1. The molecule has 1 aromatic carbocycles. The van der Waals surface area contributed by atoms with Gasteiger partial charge in [0.15, 0.2) is 0 Å². The standard InChI is InChI=1S/C13H18N2O2/c1-2-15(10-4-3-5-11(16)8-10)12(17)13(9-14)6-7-13/h3-5,8,16H,2,6-7,9,14H2,1H3. The van der Waals surface area contributed by atoms with E-state index in [2.05, 4.69) is 0 Å². The average Bonchev–Trinajstić information content (AvgIpc) is 3.11. The quantitative estimate of drug-likeness (QED) is 0.829. The van der Waals surface area contributed by atoms with Gasteiger partial charge < -0.3 is 15.7 Å². The van der Waals surface area contributed by atoms with Crippen molar-refractivity contribution < 1.29 is 9.90 Å². The Morgan fingerprint density at radius 2 is 2.24 bits per heavy atom. The van der Waals surface area contributed by atoms with Gasteiger partial charge in [0.25, 0.3) is 0 Å². The fraction of sp³-hybridized carbons (Fsp3) is 0.462. The van der Waals surface area contributed by atoms with Gasteiger partial charge in [0.05, 0.1) is 5.41 Å². The maximum atomic E-state index is 12.4. The summed E-state index contributed by atoms with van der Waals surface area (Å²) in [7, 11) is 0. The van der Waals surface area contributed by atoms with Crippen LogP contribution in [-0.2, 0) is 4.79 Å². The van der Waals surface area contributed by atoms with E-state index in [4.69, 9.17) is 5.73 Å². The Morgan fingerprint density at radius 3 is 2.71 bits per heavy atom. The lowest BCUT2D eigenvalue weighted by molar-refractivity contribution is -0.123. The van der Waals surface area contributed by atoms with Crippen molar-refractivity contribution in [2.75, 3.05) is 18.0 Å². The van der Waals surface area contributed by atoms with Gasteiger partial charge in [0.1, 0.15) is 5.75 Å². The van der Waals surface area contributed by atoms with Gasteiger partial charge in [-0.15, -0.1) is 0 Å². The predicted molar refractivity (Wildman–Crippen MR) is 66.9 cm³/mol. The Kier molecular flexibility index (Phi) is 3.07. The first-order valence-electron chi connectivity index (χ1n) is 5.94. The zero-order valence-electron chi connectivity index (χ0n) is 10.0. The Labute approximate surface area is 101 Å². The van der Waals surface area contributed by atoms with Crippen molar-refractivity contribution >= 4 is 11.6 Å². The number of phenols is 1. The van der Waals surface area contributed by atoms with Gasteiger partial charge in [0, 0.05) is 24.8 Å². The third-order valence-corrected chi connectivity index (χ3v) is 3.40. The van der Waals surface area contributed by atoms with Crippen LogP contribution in [0.3, 0.4) is 0 Å². The summed E-state index contributed by atoms with van der Waals surface area (Å²) in [5, 5.41) is 9.45. The SMILES string of the molecule is CCN(C(=O)C1(CN)CC1)c1cccc(O)c1. The molecule has 0 aliphatic heterocycles. The minimum atomic E-state index is -0.346. The van der Waals surface area contributed by atoms with Crippen LogP contribution in [-0.4, -0.2) is 24.1 Å². The minimum absolute atomic E-state index is 0.0769. The number of nitrogens with zero attached hydrogens (tertiary/aromatic N) is 1. The Bertz CT molecular complexity index is 427. The van der Waals surface area contributed by atoms with E-state index in [-0.39, 0.29) is 17.1 Å². The van der Waals surface area contributed by atoms with Crippen LogP contribution in [0.2, 0.25) is 0 Å². The molecule has 0 saturated heterocycles. The summed E-state index contributed by atoms with van der Waals surface area (Å²) in [6, 6.07) is 6.77. The van der Waals surface area contributed by atoms with Crippen LogP contribution in [0.25, 0.3) is 0 Å². The average molecular weight is 234 g/mol. The van der Waals surface area contributed by atoms with E-state index in [0.717, 1.165) is 18.5 Å². The molecule has 92 valence electrons. The number of rotatable bonds is 4. The molecule has 4 nitrogen and oxygen atoms in total. The molecule has 0 bridgehead atoms. The number of benzene rings is 1. The van der Waals surface area contributed by atoms with Gasteiger partial charge >= 0.3 is 0 Å². The van der Waals surface area contributed by atoms with Gasteiger partial charge in [-0.25, -0.2) is 0 Å². The third-order valence-electron chi connectivity index (χ3n) is 3.40. The summed E-state index contributed by atoms with van der Waals surface area (Å²) in [4.78, 5) is 14.1. The number of carbonyl (C=O) groups excluding carboxylic acids is 1. The highest BCUT2D eigenvalue weighted by Crippen LogP contribution is 2.46. The van der Waals surface area contributed by atoms with Crippen LogP contribution in [0.15, 0.2) is 24.3 Å². The second kappa shape index (κ2) is 4.37. The van der Waals surface area contributed by atoms with E-state index < -0.39 is 0 Å². The molecule has 3 N–H and O–H groups in total. The first kappa shape index (κ1) is 11.9. The molecule has 0 heterocycles. The molecule has 1 fully saturated rings. The second-order valence-corrected chi connectivity index (χ2v) is 4.55. The smallest absolute Gasteiger partial charge is 0.234 e. The number of aromatic hydroxyl groups is 1. The molecule has 1 aliphatic carbocycles. The summed E-state index contributed by atoms with van der Waals surface area (Å²) < 4.78 is 0. The predicted octanol–water partition coefficient (Wildman–Crippen LogP) is 1.48. The molecule has 0 unspecified atom stereocenters. The number of nitrogens with two attached hydrogens (primary N) is 1. The van der Waals surface area contributed by atoms with Crippen molar-refractivity contribution in [3.05, 3.63) is 24.3 Å². The van der Waals surface area contributed by atoms with Crippen molar-refractivity contribution in [1.29, 1.82) is 0 Å². The lowest BCUT2D eigenvalue weighted by Crippen LogP contribution is -2.40. The lowest BCUT2D eigenvalue weighted by Gasteiger charge is -2.25. The van der Waals surface area contributed by atoms with E-state index in [0.29, 0.717) is 13.1 Å². The van der Waals surface area contributed by atoms with Gasteiger partial charge in [0.2, 0.25) is 5.91 Å². The largest absolute Gasteiger partial charge is 0.508 e. The molecule has 0 atom stereocenters. The number of carbonyl (C=O) groups is 1. The number of anilines is 1. The monoisotopic (exact) mass is 234 g/mol. The third kappa shape index (κ3) is 2.13. The van der Waals surface area contributed by atoms with E-state index in [1.54, 1.807) is 23.1 Å². The summed E-state index contributed by atoms with van der Waals surface area (Å²) in [5.41, 5.74) is 6.06. The fourth-order valence-corrected chi connectivity index (χ4v) is 2.05. The molecule has 2 rings (SSSR count). The normalized spacial score (nSPS) is 16.6. The van der Waals surface area contributed by atoms with Crippen molar-refractivity contribution in [1.82, 2.24) is 0 Å². The topological polar surface area (TPSA) is 66.6 Å². The summed E-state index contributed by atoms with van der Waals surface area (Å²) in [6.45, 7) is 2.92. The molecular weight excluding hydrogens is 216 g/mol. The number of hydrogen-bond donors (Lipinski definition) is 2. The van der Waals surface area contributed by atoms with Gasteiger partial charge in [-0.05, 0) is 31.9 Å². The van der Waals surface area contributed by atoms with E-state index >= 15 is 0 Å². The van der Waals surface area contributed by atoms with E-state index in [1.807, 2.05) is 13.0 Å². The number of amides is 1. The molecule has 0 spiro atoms. The first-order chi connectivity index (χ1) is 8.13. The van der Waals surface area contributed by atoms with Gasteiger partial charge in [-0.2, -0.15) is 0 Å². The maximum Gasteiger partial charge on any atom is 0.234 e. The van der Waals surface area contributed by atoms with Crippen molar-refractivity contribution in [3.8, 4) is 5.75 Å². The van der Waals surface area contributed by atoms with Gasteiger partial charge in [-0.1, -0.05) is 6.07 Å². The summed E-state index contributed by atoms with van der Waals surface area (Å²) in [6.07, 6.45) is 1.75. The number of hydrogen-bond acceptors (Lipinski definition) is 3. The second-order valence-electron chi connectivity index (χ2n) is 4.55. The molecular formula is C13H18N2O2. The van der Waals surface area contributed by atoms with E-state index in [9.17, 15) is 9.90 Å². The number of phenolic OH excluding ortho intramolecular Hbond substituents is 1. The zero-order valence-corrected chi connectivity index (χ0v) is 10.0. The molecule has 1 amide bonds. The van der Waals surface area contributed by atoms with Gasteiger partial charge in [-0.3, -0.25) is 4.79 Å². The molecule has 1 saturated carbocycles. The Balaban J connectivity index is 2.25. The minimum Gasteiger partial charge on any atom is -0.508 e. The van der Waals surface area contributed by atoms with Crippen LogP contribution < -0.4 is 10.6 Å². The fourth-order valence-electron chi connectivity index (χ4n) is 2.05. The summed E-state index contributed by atoms with van der Waals surface area (Å²) >= 11 is 0. The zero-order chi connectivity index (χ0) is 12.5.